The Morgan fingerprint density at radius 2 is 0.843 bits per heavy atom. The van der Waals surface area contributed by atoms with Crippen molar-refractivity contribution < 1.29 is 39.8 Å². The lowest BCUT2D eigenvalue weighted by atomic mass is 9.99. The van der Waals surface area contributed by atoms with Crippen molar-refractivity contribution in [3.8, 4) is 0 Å². The minimum Gasteiger partial charge on any atom is -0.394 e. The van der Waals surface area contributed by atoms with Crippen molar-refractivity contribution in [2.24, 2.45) is 0 Å². The van der Waals surface area contributed by atoms with E-state index in [4.69, 9.17) is 9.47 Å². The Morgan fingerprint density at radius 1 is 0.486 bits per heavy atom. The van der Waals surface area contributed by atoms with Gasteiger partial charge in [-0.05, 0) is 51.4 Å². The first-order chi connectivity index (χ1) is 34.3. The lowest BCUT2D eigenvalue weighted by Crippen LogP contribution is -2.60. The minimum absolute atomic E-state index is 0.173. The zero-order valence-corrected chi connectivity index (χ0v) is 45.8. The number of amides is 1. The molecule has 1 saturated heterocycles. The van der Waals surface area contributed by atoms with Crippen molar-refractivity contribution in [2.45, 2.75) is 333 Å². The molecule has 0 bridgehead atoms. The molecule has 0 aromatic heterocycles. The third-order valence-electron chi connectivity index (χ3n) is 14.5. The number of aliphatic hydroxyl groups is 5. The van der Waals surface area contributed by atoms with E-state index in [9.17, 15) is 30.3 Å². The third-order valence-corrected chi connectivity index (χ3v) is 14.5. The molecule has 1 aliphatic heterocycles. The molecule has 1 heterocycles. The number of carbonyl (C=O) groups is 1. The monoisotopic (exact) mass is 990 g/mol. The highest BCUT2D eigenvalue weighted by molar-refractivity contribution is 5.76. The fourth-order valence-corrected chi connectivity index (χ4v) is 9.66. The highest BCUT2D eigenvalue weighted by atomic mass is 16.7. The van der Waals surface area contributed by atoms with E-state index in [1.165, 1.54) is 225 Å². The van der Waals surface area contributed by atoms with Gasteiger partial charge in [-0.25, -0.2) is 0 Å². The molecule has 0 radical (unpaired) electrons. The summed E-state index contributed by atoms with van der Waals surface area (Å²) in [6.45, 7) is 3.79. The second-order valence-electron chi connectivity index (χ2n) is 21.1. The summed E-state index contributed by atoms with van der Waals surface area (Å²) in [4.78, 5) is 13.0. The lowest BCUT2D eigenvalue weighted by molar-refractivity contribution is -0.302. The lowest BCUT2D eigenvalue weighted by Gasteiger charge is -2.40. The smallest absolute Gasteiger partial charge is 0.220 e. The van der Waals surface area contributed by atoms with Crippen LogP contribution in [0.1, 0.15) is 290 Å². The Balaban J connectivity index is 2.10. The van der Waals surface area contributed by atoms with E-state index in [1.54, 1.807) is 6.08 Å². The molecule has 9 heteroatoms. The van der Waals surface area contributed by atoms with Gasteiger partial charge in [0.2, 0.25) is 5.91 Å². The van der Waals surface area contributed by atoms with Crippen LogP contribution >= 0.6 is 0 Å². The Labute approximate surface area is 431 Å². The number of rotatable bonds is 52. The quantitative estimate of drug-likeness (QED) is 0.0261. The van der Waals surface area contributed by atoms with Crippen LogP contribution in [0.25, 0.3) is 0 Å². The van der Waals surface area contributed by atoms with Gasteiger partial charge in [0.1, 0.15) is 24.4 Å². The third kappa shape index (κ3) is 39.9. The first-order valence-corrected chi connectivity index (χ1v) is 30.2. The summed E-state index contributed by atoms with van der Waals surface area (Å²) >= 11 is 0. The fourth-order valence-electron chi connectivity index (χ4n) is 9.66. The number of hydrogen-bond donors (Lipinski definition) is 6. The van der Waals surface area contributed by atoms with Gasteiger partial charge in [-0.15, -0.1) is 0 Å². The fraction of sp³-hybridized carbons (Fsp3) is 0.885. The minimum atomic E-state index is -1.56. The zero-order chi connectivity index (χ0) is 50.8. The number of hydrogen-bond acceptors (Lipinski definition) is 8. The molecule has 7 atom stereocenters. The Hall–Kier alpha value is -1.59. The largest absolute Gasteiger partial charge is 0.394 e. The van der Waals surface area contributed by atoms with Gasteiger partial charge in [0.25, 0.3) is 0 Å². The van der Waals surface area contributed by atoms with Gasteiger partial charge in [-0.2, -0.15) is 0 Å². The number of nitrogens with one attached hydrogen (secondary N) is 1. The van der Waals surface area contributed by atoms with Crippen LogP contribution in [0.15, 0.2) is 36.5 Å². The second kappa shape index (κ2) is 50.9. The molecule has 1 amide bonds. The summed E-state index contributed by atoms with van der Waals surface area (Å²) in [5.41, 5.74) is 0. The maximum Gasteiger partial charge on any atom is 0.220 e. The maximum atomic E-state index is 13.0. The molecule has 9 nitrogen and oxygen atoms in total. The van der Waals surface area contributed by atoms with Crippen LogP contribution in [-0.2, 0) is 14.3 Å². The van der Waals surface area contributed by atoms with Gasteiger partial charge in [-0.3, -0.25) is 4.79 Å². The van der Waals surface area contributed by atoms with Crippen molar-refractivity contribution in [3.63, 3.8) is 0 Å². The first-order valence-electron chi connectivity index (χ1n) is 30.2. The van der Waals surface area contributed by atoms with E-state index in [1.807, 2.05) is 6.08 Å². The van der Waals surface area contributed by atoms with E-state index in [2.05, 4.69) is 43.5 Å². The molecular weight excluding hydrogens is 875 g/mol. The van der Waals surface area contributed by atoms with E-state index in [0.717, 1.165) is 44.9 Å². The van der Waals surface area contributed by atoms with Crippen molar-refractivity contribution in [2.75, 3.05) is 13.2 Å². The predicted octanol–water partition coefficient (Wildman–Crippen LogP) is 15.1. The number of aliphatic hydroxyl groups excluding tert-OH is 5. The van der Waals surface area contributed by atoms with E-state index in [-0.39, 0.29) is 12.5 Å². The van der Waals surface area contributed by atoms with Crippen LogP contribution in [0, 0.1) is 0 Å². The summed E-state index contributed by atoms with van der Waals surface area (Å²) in [5.74, 6) is -0.173. The standard InChI is InChI=1S/C61H115NO8/c1-3-5-7-9-11-13-15-17-19-20-21-22-23-24-25-26-27-28-29-30-31-32-33-34-35-36-37-39-41-43-45-47-49-51-57(65)62-54(53-69-61-60(68)59(67)58(66)56(52-63)70-61)55(64)50-48-46-44-42-40-38-18-16-14-12-10-8-6-4-2/h15,17,20-21,48,50,54-56,58-61,63-64,66-68H,3-14,16,18-19,22-47,49,51-53H2,1-2H3,(H,62,65)/b17-15-,21-20-,50-48+. The van der Waals surface area contributed by atoms with Crippen molar-refractivity contribution in [3.05, 3.63) is 36.5 Å². The Morgan fingerprint density at radius 3 is 1.23 bits per heavy atom. The maximum absolute atomic E-state index is 13.0. The molecule has 1 fully saturated rings. The number of carbonyl (C=O) groups excluding carboxylic acids is 1. The summed E-state index contributed by atoms with van der Waals surface area (Å²) in [6.07, 6.45) is 59.4. The van der Waals surface area contributed by atoms with Crippen LogP contribution < -0.4 is 5.32 Å². The highest BCUT2D eigenvalue weighted by Crippen LogP contribution is 2.23. The van der Waals surface area contributed by atoms with Gasteiger partial charge in [0.15, 0.2) is 6.29 Å². The van der Waals surface area contributed by atoms with Crippen LogP contribution in [0.4, 0.5) is 0 Å². The summed E-state index contributed by atoms with van der Waals surface area (Å²) in [6, 6.07) is -0.802. The molecule has 1 aliphatic rings. The van der Waals surface area contributed by atoms with E-state index < -0.39 is 49.5 Å². The topological polar surface area (TPSA) is 149 Å². The summed E-state index contributed by atoms with van der Waals surface area (Å²) in [5, 5.41) is 54.5. The van der Waals surface area contributed by atoms with Crippen LogP contribution in [-0.4, -0.2) is 87.5 Å². The zero-order valence-electron chi connectivity index (χ0n) is 45.8. The molecule has 1 rings (SSSR count). The average molecular weight is 991 g/mol. The molecule has 0 aromatic carbocycles. The SMILES string of the molecule is CCCCCCC/C=C\C/C=C\CCCCCCCCCCCCCCCCCCCCCCCC(=O)NC(COC1OC(CO)C(O)C(O)C1O)C(O)/C=C/CCCCCCCCCCCCCC. The van der Waals surface area contributed by atoms with Gasteiger partial charge in [0, 0.05) is 6.42 Å². The molecule has 0 aliphatic carbocycles. The van der Waals surface area contributed by atoms with Gasteiger partial charge in [0.05, 0.1) is 25.4 Å². The van der Waals surface area contributed by atoms with Crippen LogP contribution in [0.5, 0.6) is 0 Å². The molecule has 7 unspecified atom stereocenters. The molecule has 70 heavy (non-hydrogen) atoms. The Bertz CT molecular complexity index is 1190. The Kier molecular flexibility index (Phi) is 48.3. The number of ether oxygens (including phenoxy) is 2. The molecule has 0 aromatic rings. The molecule has 0 spiro atoms. The average Bonchev–Trinajstić information content (AvgIpc) is 3.36. The molecule has 412 valence electrons. The van der Waals surface area contributed by atoms with Crippen LogP contribution in [0.3, 0.4) is 0 Å². The second-order valence-corrected chi connectivity index (χ2v) is 21.1. The molecular formula is C61H115NO8. The van der Waals surface area contributed by atoms with E-state index >= 15 is 0 Å². The summed E-state index contributed by atoms with van der Waals surface area (Å²) < 4.78 is 11.3. The molecule has 6 N–H and O–H groups in total. The van der Waals surface area contributed by atoms with Gasteiger partial charge in [-0.1, -0.05) is 269 Å². The van der Waals surface area contributed by atoms with Gasteiger partial charge >= 0.3 is 0 Å². The number of unbranched alkanes of at least 4 members (excludes halogenated alkanes) is 38. The highest BCUT2D eigenvalue weighted by Gasteiger charge is 2.44. The van der Waals surface area contributed by atoms with Gasteiger partial charge < -0.3 is 40.3 Å². The predicted molar refractivity (Wildman–Crippen MR) is 295 cm³/mol. The normalized spacial score (nSPS) is 19.6. The molecule has 0 saturated carbocycles. The first kappa shape index (κ1) is 66.4. The van der Waals surface area contributed by atoms with E-state index in [0.29, 0.717) is 6.42 Å². The van der Waals surface area contributed by atoms with Crippen molar-refractivity contribution >= 4 is 5.91 Å². The van der Waals surface area contributed by atoms with Crippen molar-refractivity contribution in [1.29, 1.82) is 0 Å². The number of allylic oxidation sites excluding steroid dienone is 5. The summed E-state index contributed by atoms with van der Waals surface area (Å²) in [7, 11) is 0. The van der Waals surface area contributed by atoms with Crippen molar-refractivity contribution in [1.82, 2.24) is 5.32 Å². The van der Waals surface area contributed by atoms with Crippen LogP contribution in [0.2, 0.25) is 0 Å².